The van der Waals surface area contributed by atoms with Crippen LogP contribution in [0.15, 0.2) is 18.3 Å². The lowest BCUT2D eigenvalue weighted by molar-refractivity contribution is 0.772. The Balaban J connectivity index is 1.92. The Bertz CT molecular complexity index is 561. The van der Waals surface area contributed by atoms with Gasteiger partial charge in [0, 0.05) is 31.1 Å². The van der Waals surface area contributed by atoms with Crippen LogP contribution in [0, 0.1) is 0 Å². The van der Waals surface area contributed by atoms with Crippen molar-refractivity contribution in [1.29, 1.82) is 0 Å². The molecule has 0 unspecified atom stereocenters. The molecule has 0 spiro atoms. The molecule has 0 amide bonds. The molecule has 5 heteroatoms. The highest BCUT2D eigenvalue weighted by molar-refractivity contribution is 5.41. The molecule has 0 aliphatic heterocycles. The molecule has 0 bridgehead atoms. The van der Waals surface area contributed by atoms with Crippen LogP contribution in [0.25, 0.3) is 5.82 Å². The Morgan fingerprint density at radius 1 is 1.30 bits per heavy atom. The molecule has 0 radical (unpaired) electrons. The van der Waals surface area contributed by atoms with E-state index in [1.807, 2.05) is 16.9 Å². The average molecular weight is 271 g/mol. The second kappa shape index (κ2) is 5.61. The van der Waals surface area contributed by atoms with Gasteiger partial charge in [0.2, 0.25) is 0 Å². The summed E-state index contributed by atoms with van der Waals surface area (Å²) in [7, 11) is 0. The van der Waals surface area contributed by atoms with E-state index in [1.54, 1.807) is 0 Å². The van der Waals surface area contributed by atoms with Gasteiger partial charge in [0.15, 0.2) is 5.82 Å². The molecule has 1 fully saturated rings. The number of nitrogens with one attached hydrogen (secondary N) is 1. The zero-order valence-corrected chi connectivity index (χ0v) is 12.1. The lowest BCUT2D eigenvalue weighted by Crippen LogP contribution is -2.08. The first-order valence-electron chi connectivity index (χ1n) is 7.48. The predicted octanol–water partition coefficient (Wildman–Crippen LogP) is 2.92. The van der Waals surface area contributed by atoms with Gasteiger partial charge >= 0.3 is 0 Å². The van der Waals surface area contributed by atoms with Gasteiger partial charge in [-0.15, -0.1) is 0 Å². The quantitative estimate of drug-likeness (QED) is 0.877. The Labute approximate surface area is 119 Å². The van der Waals surface area contributed by atoms with Gasteiger partial charge in [-0.05, 0) is 32.3 Å². The lowest BCUT2D eigenvalue weighted by atomic mass is 10.3. The van der Waals surface area contributed by atoms with Gasteiger partial charge in [0.1, 0.15) is 11.6 Å². The molecular weight excluding hydrogens is 250 g/mol. The Morgan fingerprint density at radius 3 is 2.85 bits per heavy atom. The highest BCUT2D eigenvalue weighted by Crippen LogP contribution is 2.38. The third-order valence-electron chi connectivity index (χ3n) is 3.43. The fourth-order valence-electron chi connectivity index (χ4n) is 2.27. The molecule has 0 atom stereocenters. The first kappa shape index (κ1) is 13.1. The summed E-state index contributed by atoms with van der Waals surface area (Å²) in [6, 6.07) is 4.07. The molecule has 1 saturated carbocycles. The van der Waals surface area contributed by atoms with Crippen molar-refractivity contribution in [3.8, 4) is 5.82 Å². The molecule has 20 heavy (non-hydrogen) atoms. The minimum atomic E-state index is 0.668. The fraction of sp³-hybridized carbons (Fsp3) is 0.533. The molecule has 1 aliphatic rings. The number of rotatable bonds is 6. The second-order valence-corrected chi connectivity index (χ2v) is 5.27. The van der Waals surface area contributed by atoms with E-state index in [9.17, 15) is 0 Å². The molecule has 3 rings (SSSR count). The first-order chi connectivity index (χ1) is 9.80. The van der Waals surface area contributed by atoms with Gasteiger partial charge in [0.05, 0.1) is 5.69 Å². The van der Waals surface area contributed by atoms with Crippen LogP contribution in [0.1, 0.15) is 50.5 Å². The molecule has 0 saturated heterocycles. The van der Waals surface area contributed by atoms with E-state index in [1.165, 1.54) is 18.5 Å². The zero-order valence-electron chi connectivity index (χ0n) is 12.1. The summed E-state index contributed by atoms with van der Waals surface area (Å²) in [5.74, 6) is 3.28. The van der Waals surface area contributed by atoms with E-state index < -0.39 is 0 Å². The molecule has 2 aromatic heterocycles. The molecule has 106 valence electrons. The van der Waals surface area contributed by atoms with Gasteiger partial charge < -0.3 is 5.32 Å². The minimum Gasteiger partial charge on any atom is -0.370 e. The Morgan fingerprint density at radius 2 is 2.15 bits per heavy atom. The fourth-order valence-corrected chi connectivity index (χ4v) is 2.27. The smallest absolute Gasteiger partial charge is 0.159 e. The third kappa shape index (κ3) is 2.81. The normalized spacial score (nSPS) is 14.5. The highest BCUT2D eigenvalue weighted by atomic mass is 15.3. The maximum absolute atomic E-state index is 4.64. The van der Waals surface area contributed by atoms with Crippen LogP contribution in [0.4, 0.5) is 5.82 Å². The SMILES string of the molecule is CCCc1nc(NCC)cc(-n2ccc(C3CC3)n2)n1. The summed E-state index contributed by atoms with van der Waals surface area (Å²) in [6.45, 7) is 5.07. The van der Waals surface area contributed by atoms with Crippen molar-refractivity contribution in [2.75, 3.05) is 11.9 Å². The molecular formula is C15H21N5. The van der Waals surface area contributed by atoms with Crippen molar-refractivity contribution in [2.24, 2.45) is 0 Å². The van der Waals surface area contributed by atoms with Gasteiger partial charge in [-0.1, -0.05) is 6.92 Å². The molecule has 0 aromatic carbocycles. The topological polar surface area (TPSA) is 55.6 Å². The van der Waals surface area contributed by atoms with Crippen LogP contribution in [0.5, 0.6) is 0 Å². The summed E-state index contributed by atoms with van der Waals surface area (Å²) in [6.07, 6.45) is 6.47. The van der Waals surface area contributed by atoms with Crippen molar-refractivity contribution in [2.45, 2.75) is 45.4 Å². The van der Waals surface area contributed by atoms with Crippen molar-refractivity contribution < 1.29 is 0 Å². The highest BCUT2D eigenvalue weighted by Gasteiger charge is 2.26. The number of nitrogens with zero attached hydrogens (tertiary/aromatic N) is 4. The van der Waals surface area contributed by atoms with Gasteiger partial charge in [-0.25, -0.2) is 14.6 Å². The molecule has 2 aromatic rings. The van der Waals surface area contributed by atoms with E-state index in [2.05, 4.69) is 40.3 Å². The summed E-state index contributed by atoms with van der Waals surface area (Å²) in [5, 5.41) is 7.91. The summed E-state index contributed by atoms with van der Waals surface area (Å²) < 4.78 is 1.87. The Hall–Kier alpha value is -1.91. The van der Waals surface area contributed by atoms with E-state index >= 15 is 0 Å². The minimum absolute atomic E-state index is 0.668. The van der Waals surface area contributed by atoms with E-state index in [4.69, 9.17) is 0 Å². The maximum Gasteiger partial charge on any atom is 0.159 e. The molecule has 5 nitrogen and oxygen atoms in total. The van der Waals surface area contributed by atoms with Crippen molar-refractivity contribution in [3.63, 3.8) is 0 Å². The van der Waals surface area contributed by atoms with Crippen LogP contribution < -0.4 is 5.32 Å². The summed E-state index contributed by atoms with van der Waals surface area (Å²) in [4.78, 5) is 9.15. The Kier molecular flexibility index (Phi) is 3.67. The van der Waals surface area contributed by atoms with Crippen LogP contribution in [-0.2, 0) is 6.42 Å². The van der Waals surface area contributed by atoms with Crippen molar-refractivity contribution >= 4 is 5.82 Å². The van der Waals surface area contributed by atoms with Gasteiger partial charge in [0.25, 0.3) is 0 Å². The second-order valence-electron chi connectivity index (χ2n) is 5.27. The zero-order chi connectivity index (χ0) is 13.9. The predicted molar refractivity (Wildman–Crippen MR) is 79.3 cm³/mol. The van der Waals surface area contributed by atoms with Crippen LogP contribution >= 0.6 is 0 Å². The number of anilines is 1. The summed E-state index contributed by atoms with van der Waals surface area (Å²) in [5.41, 5.74) is 1.19. The van der Waals surface area contributed by atoms with E-state index in [0.29, 0.717) is 5.92 Å². The summed E-state index contributed by atoms with van der Waals surface area (Å²) >= 11 is 0. The van der Waals surface area contributed by atoms with E-state index in [0.717, 1.165) is 36.8 Å². The molecule has 1 aliphatic carbocycles. The monoisotopic (exact) mass is 271 g/mol. The third-order valence-corrected chi connectivity index (χ3v) is 3.43. The maximum atomic E-state index is 4.64. The lowest BCUT2D eigenvalue weighted by Gasteiger charge is -2.08. The molecule has 1 N–H and O–H groups in total. The van der Waals surface area contributed by atoms with Gasteiger partial charge in [-0.3, -0.25) is 0 Å². The van der Waals surface area contributed by atoms with Crippen LogP contribution in [0.2, 0.25) is 0 Å². The number of hydrogen-bond acceptors (Lipinski definition) is 4. The largest absolute Gasteiger partial charge is 0.370 e. The first-order valence-corrected chi connectivity index (χ1v) is 7.48. The standard InChI is InChI=1S/C15H21N5/c1-3-5-13-17-14(16-4-2)10-15(18-13)20-9-8-12(19-20)11-6-7-11/h8-11H,3-7H2,1-2H3,(H,16,17,18). The van der Waals surface area contributed by atoms with Crippen LogP contribution in [-0.4, -0.2) is 26.3 Å². The number of aromatic nitrogens is 4. The number of hydrogen-bond donors (Lipinski definition) is 1. The van der Waals surface area contributed by atoms with Crippen molar-refractivity contribution in [1.82, 2.24) is 19.7 Å². The average Bonchev–Trinajstić information content (AvgIpc) is 3.17. The van der Waals surface area contributed by atoms with E-state index in [-0.39, 0.29) is 0 Å². The number of aryl methyl sites for hydroxylation is 1. The van der Waals surface area contributed by atoms with Crippen molar-refractivity contribution in [3.05, 3.63) is 29.8 Å². The molecule has 2 heterocycles. The van der Waals surface area contributed by atoms with Gasteiger partial charge in [-0.2, -0.15) is 5.10 Å². The van der Waals surface area contributed by atoms with Crippen LogP contribution in [0.3, 0.4) is 0 Å².